The maximum Gasteiger partial charge on any atom is 0.410 e. The standard InChI is InChI=1S/C29H26ClNO2/c30-21-14-12-19(13-15-21)20-16-22-6-5-7-23(17-20)31(22)29(32)33-18-28-26-10-3-1-8-24(26)25-9-2-4-11-27(25)28/h1-4,8-16,22-23,28H,5-7,17-18H2. The third-order valence-corrected chi connectivity index (χ3v) is 7.65. The van der Waals surface area contributed by atoms with Crippen molar-refractivity contribution >= 4 is 23.3 Å². The van der Waals surface area contributed by atoms with Crippen LogP contribution in [0, 0.1) is 0 Å². The van der Waals surface area contributed by atoms with Crippen molar-refractivity contribution in [2.24, 2.45) is 0 Å². The van der Waals surface area contributed by atoms with Gasteiger partial charge in [-0.2, -0.15) is 0 Å². The molecule has 0 aromatic heterocycles. The Labute approximate surface area is 199 Å². The molecule has 3 nitrogen and oxygen atoms in total. The first kappa shape index (κ1) is 20.6. The third-order valence-electron chi connectivity index (χ3n) is 7.40. The molecule has 6 rings (SSSR count). The Balaban J connectivity index is 1.22. The van der Waals surface area contributed by atoms with Crippen molar-refractivity contribution in [1.82, 2.24) is 4.90 Å². The van der Waals surface area contributed by atoms with Gasteiger partial charge >= 0.3 is 6.09 Å². The van der Waals surface area contributed by atoms with E-state index in [1.54, 1.807) is 0 Å². The summed E-state index contributed by atoms with van der Waals surface area (Å²) in [5.41, 5.74) is 7.50. The highest BCUT2D eigenvalue weighted by atomic mass is 35.5. The number of fused-ring (bicyclic) bond motifs is 5. The number of piperidine rings is 1. The van der Waals surface area contributed by atoms with Crippen LogP contribution in [-0.2, 0) is 4.74 Å². The third kappa shape index (κ3) is 3.65. The lowest BCUT2D eigenvalue weighted by Crippen LogP contribution is -2.51. The summed E-state index contributed by atoms with van der Waals surface area (Å²) < 4.78 is 6.01. The maximum absolute atomic E-state index is 13.3. The van der Waals surface area contributed by atoms with Crippen molar-refractivity contribution in [3.8, 4) is 11.1 Å². The van der Waals surface area contributed by atoms with Gasteiger partial charge < -0.3 is 4.74 Å². The number of hydrogen-bond donors (Lipinski definition) is 0. The second-order valence-corrected chi connectivity index (χ2v) is 9.70. The van der Waals surface area contributed by atoms with E-state index in [4.69, 9.17) is 16.3 Å². The zero-order valence-corrected chi connectivity index (χ0v) is 19.2. The molecule has 1 fully saturated rings. The van der Waals surface area contributed by atoms with Crippen molar-refractivity contribution < 1.29 is 9.53 Å². The molecule has 3 aromatic carbocycles. The van der Waals surface area contributed by atoms with Crippen LogP contribution in [-0.4, -0.2) is 29.7 Å². The largest absolute Gasteiger partial charge is 0.448 e. The van der Waals surface area contributed by atoms with Gasteiger partial charge in [0.25, 0.3) is 0 Å². The molecular formula is C29H26ClNO2. The van der Waals surface area contributed by atoms with Crippen LogP contribution >= 0.6 is 11.6 Å². The van der Waals surface area contributed by atoms with Crippen LogP contribution in [0.4, 0.5) is 4.79 Å². The fourth-order valence-electron chi connectivity index (χ4n) is 5.86. The second-order valence-electron chi connectivity index (χ2n) is 9.27. The normalized spacial score (nSPS) is 21.2. The molecule has 33 heavy (non-hydrogen) atoms. The number of ether oxygens (including phenoxy) is 1. The Hall–Kier alpha value is -3.04. The lowest BCUT2D eigenvalue weighted by molar-refractivity contribution is 0.0539. The molecule has 4 heteroatoms. The topological polar surface area (TPSA) is 29.5 Å². The van der Waals surface area contributed by atoms with E-state index in [2.05, 4.69) is 66.7 Å². The summed E-state index contributed by atoms with van der Waals surface area (Å²) in [7, 11) is 0. The molecule has 2 unspecified atom stereocenters. The molecule has 3 aliphatic rings. The molecule has 2 heterocycles. The molecule has 3 aromatic rings. The van der Waals surface area contributed by atoms with E-state index >= 15 is 0 Å². The van der Waals surface area contributed by atoms with Gasteiger partial charge in [0.2, 0.25) is 0 Å². The van der Waals surface area contributed by atoms with E-state index in [1.807, 2.05) is 17.0 Å². The molecule has 0 N–H and O–H groups in total. The molecule has 2 aliphatic heterocycles. The van der Waals surface area contributed by atoms with Crippen molar-refractivity contribution in [3.63, 3.8) is 0 Å². The fourth-order valence-corrected chi connectivity index (χ4v) is 5.99. The first-order chi connectivity index (χ1) is 16.2. The average molecular weight is 456 g/mol. The van der Waals surface area contributed by atoms with E-state index in [0.717, 1.165) is 30.7 Å². The van der Waals surface area contributed by atoms with Crippen LogP contribution in [0.25, 0.3) is 16.7 Å². The predicted octanol–water partition coefficient (Wildman–Crippen LogP) is 7.30. The number of carbonyl (C=O) groups is 1. The Morgan fingerprint density at radius 3 is 2.24 bits per heavy atom. The van der Waals surface area contributed by atoms with Gasteiger partial charge in [0.1, 0.15) is 6.61 Å². The smallest absolute Gasteiger partial charge is 0.410 e. The number of halogens is 1. The summed E-state index contributed by atoms with van der Waals surface area (Å²) in [6.45, 7) is 0.372. The predicted molar refractivity (Wildman–Crippen MR) is 132 cm³/mol. The summed E-state index contributed by atoms with van der Waals surface area (Å²) in [5.74, 6) is 0.0890. The molecule has 0 saturated carbocycles. The van der Waals surface area contributed by atoms with E-state index in [1.165, 1.54) is 33.4 Å². The Bertz CT molecular complexity index is 1190. The minimum Gasteiger partial charge on any atom is -0.448 e. The Morgan fingerprint density at radius 2 is 1.58 bits per heavy atom. The zero-order valence-electron chi connectivity index (χ0n) is 18.4. The summed E-state index contributed by atoms with van der Waals surface area (Å²) in [4.78, 5) is 15.3. The number of benzene rings is 3. The molecule has 0 spiro atoms. The quantitative estimate of drug-likeness (QED) is 0.414. The van der Waals surface area contributed by atoms with Crippen LogP contribution in [0.2, 0.25) is 5.02 Å². The van der Waals surface area contributed by atoms with Gasteiger partial charge in [-0.25, -0.2) is 4.79 Å². The summed E-state index contributed by atoms with van der Waals surface area (Å²) in [6, 6.07) is 25.2. The molecule has 2 bridgehead atoms. The monoisotopic (exact) mass is 455 g/mol. The van der Waals surface area contributed by atoms with E-state index in [0.29, 0.717) is 6.61 Å². The minimum absolute atomic E-state index is 0.0890. The average Bonchev–Trinajstić information content (AvgIpc) is 3.16. The number of rotatable bonds is 3. The lowest BCUT2D eigenvalue weighted by atomic mass is 9.83. The van der Waals surface area contributed by atoms with E-state index < -0.39 is 0 Å². The minimum atomic E-state index is -0.182. The zero-order chi connectivity index (χ0) is 22.4. The van der Waals surface area contributed by atoms with Crippen LogP contribution in [0.5, 0.6) is 0 Å². The van der Waals surface area contributed by atoms with Crippen LogP contribution in [0.1, 0.15) is 48.3 Å². The summed E-state index contributed by atoms with van der Waals surface area (Å²) >= 11 is 6.07. The SMILES string of the molecule is O=C(OCC1c2ccccc2-c2ccccc21)N1C2C=C(c3ccc(Cl)cc3)CC1CCC2. The highest BCUT2D eigenvalue weighted by Gasteiger charge is 2.39. The maximum atomic E-state index is 13.3. The lowest BCUT2D eigenvalue weighted by Gasteiger charge is -2.44. The van der Waals surface area contributed by atoms with Gasteiger partial charge in [-0.15, -0.1) is 0 Å². The number of amides is 1. The molecule has 1 saturated heterocycles. The first-order valence-electron chi connectivity index (χ1n) is 11.8. The molecular weight excluding hydrogens is 430 g/mol. The highest BCUT2D eigenvalue weighted by molar-refractivity contribution is 6.30. The molecule has 166 valence electrons. The molecule has 1 amide bonds. The van der Waals surface area contributed by atoms with Crippen molar-refractivity contribution in [3.05, 3.63) is 101 Å². The van der Waals surface area contributed by atoms with Gasteiger partial charge in [-0.1, -0.05) is 78.3 Å². The second kappa shape index (κ2) is 8.39. The summed E-state index contributed by atoms with van der Waals surface area (Å²) in [6.07, 6.45) is 6.09. The number of carbonyl (C=O) groups excluding carboxylic acids is 1. The first-order valence-corrected chi connectivity index (χ1v) is 12.2. The van der Waals surface area contributed by atoms with E-state index in [9.17, 15) is 4.79 Å². The Kier molecular flexibility index (Phi) is 5.22. The summed E-state index contributed by atoms with van der Waals surface area (Å²) in [5, 5.41) is 0.746. The Morgan fingerprint density at radius 1 is 0.909 bits per heavy atom. The fraction of sp³-hybridized carbons (Fsp3) is 0.276. The van der Waals surface area contributed by atoms with Crippen LogP contribution in [0.3, 0.4) is 0 Å². The van der Waals surface area contributed by atoms with E-state index in [-0.39, 0.29) is 24.1 Å². The van der Waals surface area contributed by atoms with Crippen LogP contribution in [0.15, 0.2) is 78.9 Å². The van der Waals surface area contributed by atoms with Gasteiger partial charge in [0, 0.05) is 17.0 Å². The highest BCUT2D eigenvalue weighted by Crippen LogP contribution is 2.45. The number of hydrogen-bond acceptors (Lipinski definition) is 2. The number of nitrogens with zero attached hydrogens (tertiary/aromatic N) is 1. The van der Waals surface area contributed by atoms with Crippen LogP contribution < -0.4 is 0 Å². The van der Waals surface area contributed by atoms with Crippen molar-refractivity contribution in [1.29, 1.82) is 0 Å². The van der Waals surface area contributed by atoms with Gasteiger partial charge in [-0.05, 0) is 71.2 Å². The van der Waals surface area contributed by atoms with Crippen molar-refractivity contribution in [2.75, 3.05) is 6.61 Å². The molecule has 2 atom stereocenters. The van der Waals surface area contributed by atoms with Crippen molar-refractivity contribution in [2.45, 2.75) is 43.7 Å². The molecule has 0 radical (unpaired) electrons. The van der Waals surface area contributed by atoms with Gasteiger partial charge in [0.05, 0.1) is 6.04 Å². The molecule has 1 aliphatic carbocycles. The van der Waals surface area contributed by atoms with Gasteiger partial charge in [-0.3, -0.25) is 4.90 Å². The van der Waals surface area contributed by atoms with Gasteiger partial charge in [0.15, 0.2) is 0 Å².